The molecule has 0 heterocycles. The number of nitrogens with one attached hydrogen (secondary N) is 1. The Labute approximate surface area is 131 Å². The van der Waals surface area contributed by atoms with Crippen molar-refractivity contribution in [1.82, 2.24) is 5.32 Å². The lowest BCUT2D eigenvalue weighted by Crippen LogP contribution is -2.34. The molecule has 1 N–H and O–H groups in total. The molecule has 1 aromatic carbocycles. The molecule has 0 aliphatic heterocycles. The molecule has 6 heteroatoms. The Morgan fingerprint density at radius 2 is 2.00 bits per heavy atom. The topological polar surface area (TPSA) is 63.2 Å². The fourth-order valence-electron chi connectivity index (χ4n) is 1.92. The molecule has 0 saturated carbocycles. The number of hydrogen-bond acceptors (Lipinski definition) is 3. The molecule has 0 saturated heterocycles. The van der Waals surface area contributed by atoms with Crippen LogP contribution in [0.4, 0.5) is 0 Å². The summed E-state index contributed by atoms with van der Waals surface area (Å²) in [6, 6.07) is 6.06. The van der Waals surface area contributed by atoms with Gasteiger partial charge in [0, 0.05) is 24.2 Å². The molecule has 0 radical (unpaired) electrons. The van der Waals surface area contributed by atoms with Gasteiger partial charge in [0.2, 0.25) is 0 Å². The third-order valence-corrected chi connectivity index (χ3v) is 4.62. The molecule has 118 valence electrons. The van der Waals surface area contributed by atoms with Gasteiger partial charge in [-0.05, 0) is 36.5 Å². The summed E-state index contributed by atoms with van der Waals surface area (Å²) in [4.78, 5) is 12.3. The van der Waals surface area contributed by atoms with E-state index in [-0.39, 0.29) is 16.2 Å². The summed E-state index contributed by atoms with van der Waals surface area (Å²) >= 11 is 5.68. The van der Waals surface area contributed by atoms with E-state index >= 15 is 0 Å². The van der Waals surface area contributed by atoms with Crippen molar-refractivity contribution in [2.24, 2.45) is 5.41 Å². The Balaban J connectivity index is 2.73. The first-order valence-electron chi connectivity index (χ1n) is 6.80. The van der Waals surface area contributed by atoms with Gasteiger partial charge < -0.3 is 5.32 Å². The number of alkyl halides is 1. The van der Waals surface area contributed by atoms with Crippen LogP contribution in [0, 0.1) is 5.41 Å². The quantitative estimate of drug-likeness (QED) is 0.781. The van der Waals surface area contributed by atoms with E-state index in [2.05, 4.69) is 19.2 Å². The molecular formula is C15H22ClNO3S. The summed E-state index contributed by atoms with van der Waals surface area (Å²) in [6.45, 7) is 4.64. The van der Waals surface area contributed by atoms with Crippen LogP contribution in [0.1, 0.15) is 37.0 Å². The zero-order valence-corrected chi connectivity index (χ0v) is 14.2. The molecule has 0 unspecified atom stereocenters. The predicted molar refractivity (Wildman–Crippen MR) is 85.6 cm³/mol. The molecule has 0 spiro atoms. The minimum Gasteiger partial charge on any atom is -0.352 e. The Morgan fingerprint density at radius 1 is 1.33 bits per heavy atom. The summed E-state index contributed by atoms with van der Waals surface area (Å²) in [5.74, 6) is 0.341. The number of halogens is 1. The highest BCUT2D eigenvalue weighted by molar-refractivity contribution is 7.90. The molecule has 4 nitrogen and oxygen atoms in total. The molecule has 1 rings (SSSR count). The first-order chi connectivity index (χ1) is 9.65. The average molecular weight is 332 g/mol. The molecule has 0 aliphatic carbocycles. The lowest BCUT2D eigenvalue weighted by atomic mass is 9.88. The van der Waals surface area contributed by atoms with E-state index in [1.54, 1.807) is 12.1 Å². The fourth-order valence-corrected chi connectivity index (χ4v) is 2.72. The highest BCUT2D eigenvalue weighted by Gasteiger charge is 2.19. The zero-order valence-electron chi connectivity index (χ0n) is 12.6. The fraction of sp³-hybridized carbons (Fsp3) is 0.533. The second kappa shape index (κ2) is 7.27. The van der Waals surface area contributed by atoms with E-state index < -0.39 is 9.84 Å². The number of rotatable bonds is 7. The van der Waals surface area contributed by atoms with Crippen molar-refractivity contribution < 1.29 is 13.2 Å². The van der Waals surface area contributed by atoms with Gasteiger partial charge in [0.1, 0.15) is 0 Å². The van der Waals surface area contributed by atoms with Crippen LogP contribution in [0.5, 0.6) is 0 Å². The summed E-state index contributed by atoms with van der Waals surface area (Å²) in [5.41, 5.74) is 0.310. The molecule has 0 atom stereocenters. The van der Waals surface area contributed by atoms with E-state index in [1.807, 2.05) is 0 Å². The van der Waals surface area contributed by atoms with Gasteiger partial charge >= 0.3 is 0 Å². The van der Waals surface area contributed by atoms with Crippen LogP contribution in [0.15, 0.2) is 29.2 Å². The maximum Gasteiger partial charge on any atom is 0.251 e. The molecule has 0 aliphatic rings. The van der Waals surface area contributed by atoms with Crippen LogP contribution in [0.25, 0.3) is 0 Å². The van der Waals surface area contributed by atoms with Crippen molar-refractivity contribution in [3.63, 3.8) is 0 Å². The van der Waals surface area contributed by atoms with Crippen LogP contribution in [-0.2, 0) is 9.84 Å². The van der Waals surface area contributed by atoms with Gasteiger partial charge in [0.25, 0.3) is 5.91 Å². The van der Waals surface area contributed by atoms with Crippen molar-refractivity contribution in [1.29, 1.82) is 0 Å². The Kier molecular flexibility index (Phi) is 6.23. The zero-order chi connectivity index (χ0) is 16.1. The van der Waals surface area contributed by atoms with Gasteiger partial charge in [0.05, 0.1) is 4.90 Å². The Bertz CT molecular complexity index is 597. The molecule has 0 bridgehead atoms. The maximum atomic E-state index is 12.1. The number of hydrogen-bond donors (Lipinski definition) is 1. The Hall–Kier alpha value is -1.07. The molecular weight excluding hydrogens is 310 g/mol. The van der Waals surface area contributed by atoms with Crippen LogP contribution < -0.4 is 5.32 Å². The van der Waals surface area contributed by atoms with Crippen molar-refractivity contribution in [2.75, 3.05) is 18.7 Å². The minimum atomic E-state index is -3.31. The van der Waals surface area contributed by atoms with Crippen LogP contribution in [0.2, 0.25) is 0 Å². The summed E-state index contributed by atoms with van der Waals surface area (Å²) in [5, 5.41) is 2.85. The SMILES string of the molecule is CC(C)(CCCCl)CNC(=O)c1cccc(S(C)(=O)=O)c1. The van der Waals surface area contributed by atoms with E-state index in [4.69, 9.17) is 11.6 Å². The molecule has 1 amide bonds. The number of amides is 1. The van der Waals surface area contributed by atoms with Crippen LogP contribution >= 0.6 is 11.6 Å². The van der Waals surface area contributed by atoms with Gasteiger partial charge in [-0.15, -0.1) is 11.6 Å². The first-order valence-corrected chi connectivity index (χ1v) is 9.23. The normalized spacial score (nSPS) is 12.2. The van der Waals surface area contributed by atoms with Crippen molar-refractivity contribution in [2.45, 2.75) is 31.6 Å². The van der Waals surface area contributed by atoms with Gasteiger partial charge in [-0.1, -0.05) is 19.9 Å². The van der Waals surface area contributed by atoms with Crippen LogP contribution in [-0.4, -0.2) is 33.0 Å². The average Bonchev–Trinajstić information content (AvgIpc) is 2.42. The number of carbonyl (C=O) groups is 1. The van der Waals surface area contributed by atoms with E-state index in [0.29, 0.717) is 18.0 Å². The van der Waals surface area contributed by atoms with Gasteiger partial charge in [0.15, 0.2) is 9.84 Å². The summed E-state index contributed by atoms with van der Waals surface area (Å²) in [6.07, 6.45) is 2.94. The lowest BCUT2D eigenvalue weighted by molar-refractivity contribution is 0.0934. The Morgan fingerprint density at radius 3 is 2.57 bits per heavy atom. The second-order valence-electron chi connectivity index (χ2n) is 5.94. The van der Waals surface area contributed by atoms with Gasteiger partial charge in [-0.3, -0.25) is 4.79 Å². The van der Waals surface area contributed by atoms with Gasteiger partial charge in [-0.25, -0.2) is 8.42 Å². The third kappa shape index (κ3) is 6.06. The summed E-state index contributed by atoms with van der Waals surface area (Å²) < 4.78 is 23.0. The summed E-state index contributed by atoms with van der Waals surface area (Å²) in [7, 11) is -3.31. The van der Waals surface area contributed by atoms with Crippen LogP contribution in [0.3, 0.4) is 0 Å². The predicted octanol–water partition coefficient (Wildman–Crippen LogP) is 2.87. The maximum absolute atomic E-state index is 12.1. The van der Waals surface area contributed by atoms with Crippen molar-refractivity contribution in [3.05, 3.63) is 29.8 Å². The number of sulfone groups is 1. The highest BCUT2D eigenvalue weighted by Crippen LogP contribution is 2.21. The van der Waals surface area contributed by atoms with Gasteiger partial charge in [-0.2, -0.15) is 0 Å². The molecule has 0 fully saturated rings. The number of benzene rings is 1. The molecule has 0 aromatic heterocycles. The molecule has 21 heavy (non-hydrogen) atoms. The standard InChI is InChI=1S/C15H22ClNO3S/c1-15(2,8-5-9-16)11-17-14(18)12-6-4-7-13(10-12)21(3,19)20/h4,6-7,10H,5,8-9,11H2,1-3H3,(H,17,18). The monoisotopic (exact) mass is 331 g/mol. The van der Waals surface area contributed by atoms with Crippen molar-refractivity contribution in [3.8, 4) is 0 Å². The largest absolute Gasteiger partial charge is 0.352 e. The second-order valence-corrected chi connectivity index (χ2v) is 8.33. The first kappa shape index (κ1) is 18.0. The minimum absolute atomic E-state index is 0.0427. The smallest absolute Gasteiger partial charge is 0.251 e. The third-order valence-electron chi connectivity index (χ3n) is 3.24. The highest BCUT2D eigenvalue weighted by atomic mass is 35.5. The van der Waals surface area contributed by atoms with E-state index in [0.717, 1.165) is 19.1 Å². The van der Waals surface area contributed by atoms with E-state index in [1.165, 1.54) is 12.1 Å². The molecule has 1 aromatic rings. The lowest BCUT2D eigenvalue weighted by Gasteiger charge is -2.24. The van der Waals surface area contributed by atoms with Crippen molar-refractivity contribution >= 4 is 27.3 Å². The number of carbonyl (C=O) groups excluding carboxylic acids is 1. The van der Waals surface area contributed by atoms with E-state index in [9.17, 15) is 13.2 Å².